The van der Waals surface area contributed by atoms with Gasteiger partial charge in [-0.05, 0) is 58.5 Å². The fraction of sp³-hybridized carbons (Fsp3) is 0.750. The molecule has 196 valence electrons. The van der Waals surface area contributed by atoms with Gasteiger partial charge in [-0.3, -0.25) is 19.2 Å². The Morgan fingerprint density at radius 1 is 0.794 bits per heavy atom. The zero-order valence-corrected chi connectivity index (χ0v) is 19.5. The molecule has 0 aromatic carbocycles. The third-order valence-corrected chi connectivity index (χ3v) is 4.96. The molecule has 4 amide bonds. The first-order valence-electron chi connectivity index (χ1n) is 11.2. The van der Waals surface area contributed by atoms with Gasteiger partial charge >= 0.3 is 5.97 Å². The van der Waals surface area contributed by atoms with Crippen LogP contribution in [0.4, 0.5) is 0 Å². The summed E-state index contributed by atoms with van der Waals surface area (Å²) in [6, 6.07) is -5.14. The Morgan fingerprint density at radius 3 is 1.74 bits per heavy atom. The molecule has 0 heterocycles. The fourth-order valence-electron chi connectivity index (χ4n) is 3.02. The number of hydrogen-bond donors (Lipinski definition) is 9. The van der Waals surface area contributed by atoms with Crippen LogP contribution in [0.1, 0.15) is 51.9 Å². The van der Waals surface area contributed by atoms with E-state index in [1.54, 1.807) is 0 Å². The minimum atomic E-state index is -1.49. The maximum atomic E-state index is 12.8. The number of aliphatic carboxylic acids is 1. The molecule has 34 heavy (non-hydrogen) atoms. The molecule has 0 aromatic rings. The molecule has 0 spiro atoms. The van der Waals surface area contributed by atoms with Crippen molar-refractivity contribution in [2.45, 2.75) is 82.1 Å². The Hall–Kier alpha value is -2.81. The van der Waals surface area contributed by atoms with Crippen molar-refractivity contribution in [3.05, 3.63) is 0 Å². The number of amides is 4. The van der Waals surface area contributed by atoms with Crippen LogP contribution in [0.25, 0.3) is 0 Å². The Kier molecular flexibility index (Phi) is 15.4. The van der Waals surface area contributed by atoms with Crippen molar-refractivity contribution in [1.82, 2.24) is 16.0 Å². The standard InChI is InChI=1S/C20H39N7O7/c1-11(28)16(27-17(30)12(23)10-15(24)29)19(32)25-13(6-2-4-8-21)18(31)26-14(20(33)34)7-3-5-9-22/h11-14,16,28H,2-10,21-23H2,1H3,(H2,24,29)(H,25,32)(H,26,31)(H,27,30)(H,33,34). The number of aliphatic hydroxyl groups is 1. The van der Waals surface area contributed by atoms with E-state index in [1.165, 1.54) is 6.92 Å². The highest BCUT2D eigenvalue weighted by Gasteiger charge is 2.32. The fourth-order valence-corrected chi connectivity index (χ4v) is 3.02. The first kappa shape index (κ1) is 31.2. The van der Waals surface area contributed by atoms with Crippen molar-refractivity contribution < 1.29 is 34.2 Å². The summed E-state index contributed by atoms with van der Waals surface area (Å²) in [5.74, 6) is -4.56. The zero-order chi connectivity index (χ0) is 26.3. The number of primary amides is 1. The van der Waals surface area contributed by atoms with E-state index in [2.05, 4.69) is 16.0 Å². The predicted octanol–water partition coefficient (Wildman–Crippen LogP) is -3.63. The van der Waals surface area contributed by atoms with Crippen LogP contribution in [-0.4, -0.2) is 83.2 Å². The summed E-state index contributed by atoms with van der Waals surface area (Å²) in [6.45, 7) is 1.97. The van der Waals surface area contributed by atoms with Crippen LogP contribution in [-0.2, 0) is 24.0 Å². The van der Waals surface area contributed by atoms with Gasteiger partial charge in [-0.2, -0.15) is 0 Å². The second-order valence-electron chi connectivity index (χ2n) is 8.03. The summed E-state index contributed by atoms with van der Waals surface area (Å²) in [6.07, 6.45) is 0.540. The summed E-state index contributed by atoms with van der Waals surface area (Å²) in [4.78, 5) is 60.2. The molecule has 0 aliphatic heterocycles. The van der Waals surface area contributed by atoms with E-state index in [1.807, 2.05) is 0 Å². The molecule has 0 saturated carbocycles. The number of carboxylic acids is 1. The van der Waals surface area contributed by atoms with E-state index in [0.717, 1.165) is 0 Å². The van der Waals surface area contributed by atoms with Crippen molar-refractivity contribution in [2.75, 3.05) is 13.1 Å². The smallest absolute Gasteiger partial charge is 0.326 e. The van der Waals surface area contributed by atoms with Crippen LogP contribution in [0.2, 0.25) is 0 Å². The van der Waals surface area contributed by atoms with Gasteiger partial charge in [-0.15, -0.1) is 0 Å². The van der Waals surface area contributed by atoms with E-state index in [4.69, 9.17) is 22.9 Å². The lowest BCUT2D eigenvalue weighted by atomic mass is 10.0. The molecule has 0 aliphatic rings. The number of rotatable bonds is 18. The average Bonchev–Trinajstić information content (AvgIpc) is 2.74. The molecule has 0 radical (unpaired) electrons. The Morgan fingerprint density at radius 2 is 1.29 bits per heavy atom. The third kappa shape index (κ3) is 12.4. The second kappa shape index (κ2) is 16.7. The first-order chi connectivity index (χ1) is 15.9. The van der Waals surface area contributed by atoms with Crippen molar-refractivity contribution in [3.8, 4) is 0 Å². The topological polar surface area (TPSA) is 266 Å². The highest BCUT2D eigenvalue weighted by molar-refractivity contribution is 5.95. The van der Waals surface area contributed by atoms with Gasteiger partial charge in [0.2, 0.25) is 23.6 Å². The summed E-state index contributed by atoms with van der Waals surface area (Å²) in [5, 5.41) is 26.5. The first-order valence-corrected chi connectivity index (χ1v) is 11.2. The monoisotopic (exact) mass is 489 g/mol. The van der Waals surface area contributed by atoms with E-state index in [-0.39, 0.29) is 12.8 Å². The van der Waals surface area contributed by atoms with Gasteiger partial charge in [0.1, 0.15) is 18.1 Å². The van der Waals surface area contributed by atoms with Crippen LogP contribution in [0, 0.1) is 0 Å². The Bertz CT molecular complexity index is 690. The van der Waals surface area contributed by atoms with Crippen LogP contribution in [0.15, 0.2) is 0 Å². The Labute approximate surface area is 198 Å². The quantitative estimate of drug-likeness (QED) is 0.0852. The van der Waals surface area contributed by atoms with Crippen molar-refractivity contribution >= 4 is 29.6 Å². The number of hydrogen-bond acceptors (Lipinski definition) is 9. The van der Waals surface area contributed by atoms with Gasteiger partial charge in [0, 0.05) is 0 Å². The van der Waals surface area contributed by atoms with E-state index in [9.17, 15) is 34.2 Å². The van der Waals surface area contributed by atoms with Gasteiger partial charge in [0.15, 0.2) is 0 Å². The number of unbranched alkanes of at least 4 members (excludes halogenated alkanes) is 2. The molecule has 0 bridgehead atoms. The van der Waals surface area contributed by atoms with Crippen LogP contribution < -0.4 is 38.9 Å². The number of aliphatic hydroxyl groups excluding tert-OH is 1. The van der Waals surface area contributed by atoms with Crippen molar-refractivity contribution in [1.29, 1.82) is 0 Å². The minimum Gasteiger partial charge on any atom is -0.480 e. The maximum absolute atomic E-state index is 12.8. The molecule has 5 atom stereocenters. The highest BCUT2D eigenvalue weighted by Crippen LogP contribution is 2.06. The summed E-state index contributed by atoms with van der Waals surface area (Å²) in [7, 11) is 0. The molecule has 14 heteroatoms. The molecule has 13 N–H and O–H groups in total. The largest absolute Gasteiger partial charge is 0.480 e. The van der Waals surface area contributed by atoms with E-state index < -0.39 is 66.3 Å². The van der Waals surface area contributed by atoms with Crippen LogP contribution in [0.3, 0.4) is 0 Å². The van der Waals surface area contributed by atoms with Crippen LogP contribution in [0.5, 0.6) is 0 Å². The van der Waals surface area contributed by atoms with Crippen LogP contribution >= 0.6 is 0 Å². The number of nitrogens with one attached hydrogen (secondary N) is 3. The van der Waals surface area contributed by atoms with Gasteiger partial charge < -0.3 is 49.1 Å². The second-order valence-corrected chi connectivity index (χ2v) is 8.03. The number of carboxylic acid groups (broad SMARTS) is 1. The summed E-state index contributed by atoms with van der Waals surface area (Å²) >= 11 is 0. The summed E-state index contributed by atoms with van der Waals surface area (Å²) in [5.41, 5.74) is 21.5. The molecule has 0 aromatic heterocycles. The third-order valence-electron chi connectivity index (χ3n) is 4.96. The molecule has 0 aliphatic carbocycles. The molecule has 0 fully saturated rings. The molecule has 5 unspecified atom stereocenters. The lowest BCUT2D eigenvalue weighted by Crippen LogP contribution is -2.60. The highest BCUT2D eigenvalue weighted by atomic mass is 16.4. The molecular formula is C20H39N7O7. The Balaban J connectivity index is 5.40. The van der Waals surface area contributed by atoms with Gasteiger partial charge in [-0.1, -0.05) is 0 Å². The minimum absolute atomic E-state index is 0.144. The average molecular weight is 490 g/mol. The lowest BCUT2D eigenvalue weighted by Gasteiger charge is -2.26. The maximum Gasteiger partial charge on any atom is 0.326 e. The normalized spacial score (nSPS) is 15.3. The predicted molar refractivity (Wildman–Crippen MR) is 123 cm³/mol. The SMILES string of the molecule is CC(O)C(NC(=O)C(N)CC(N)=O)C(=O)NC(CCCCN)C(=O)NC(CCCCN)C(=O)O. The molecule has 14 nitrogen and oxygen atoms in total. The molecule has 0 saturated heterocycles. The van der Waals surface area contributed by atoms with Crippen molar-refractivity contribution in [2.24, 2.45) is 22.9 Å². The van der Waals surface area contributed by atoms with E-state index >= 15 is 0 Å². The molecular weight excluding hydrogens is 450 g/mol. The van der Waals surface area contributed by atoms with Gasteiger partial charge in [0.05, 0.1) is 18.6 Å². The number of carbonyl (C=O) groups excluding carboxylic acids is 4. The van der Waals surface area contributed by atoms with Crippen molar-refractivity contribution in [3.63, 3.8) is 0 Å². The number of nitrogens with two attached hydrogens (primary N) is 4. The zero-order valence-electron chi connectivity index (χ0n) is 19.5. The number of carbonyl (C=O) groups is 5. The van der Waals surface area contributed by atoms with Gasteiger partial charge in [-0.25, -0.2) is 4.79 Å². The summed E-state index contributed by atoms with van der Waals surface area (Å²) < 4.78 is 0. The van der Waals surface area contributed by atoms with E-state index in [0.29, 0.717) is 38.8 Å². The van der Waals surface area contributed by atoms with Gasteiger partial charge in [0.25, 0.3) is 0 Å². The molecule has 0 rings (SSSR count). The lowest BCUT2D eigenvalue weighted by molar-refractivity contribution is -0.142.